The number of carbonyl (C=O) groups excluding carboxylic acids is 2. The van der Waals surface area contributed by atoms with Crippen LogP contribution in [-0.2, 0) is 11.2 Å². The van der Waals surface area contributed by atoms with Crippen molar-refractivity contribution in [1.29, 1.82) is 0 Å². The minimum absolute atomic E-state index is 0. The third-order valence-electron chi connectivity index (χ3n) is 5.78. The molecule has 0 aliphatic carbocycles. The number of ketones is 1. The van der Waals surface area contributed by atoms with Gasteiger partial charge < -0.3 is 28.8 Å². The van der Waals surface area contributed by atoms with Gasteiger partial charge in [-0.2, -0.15) is 8.75 Å². The van der Waals surface area contributed by atoms with Crippen LogP contribution in [0.25, 0.3) is 16.6 Å². The number of aromatic nitrogens is 2. The first kappa shape index (κ1) is 29.1. The molecule has 4 rings (SSSR count). The molecule has 1 heterocycles. The van der Waals surface area contributed by atoms with Crippen molar-refractivity contribution in [3.05, 3.63) is 76.9 Å². The third-order valence-corrected chi connectivity index (χ3v) is 6.34. The van der Waals surface area contributed by atoms with Crippen molar-refractivity contribution in [1.82, 2.24) is 8.75 Å². The van der Waals surface area contributed by atoms with Gasteiger partial charge in [-0.25, -0.2) is 0 Å². The number of methoxy groups -OCH3 is 4. The van der Waals surface area contributed by atoms with E-state index < -0.39 is 11.8 Å². The van der Waals surface area contributed by atoms with Crippen LogP contribution in [0.2, 0.25) is 0 Å². The van der Waals surface area contributed by atoms with Gasteiger partial charge in [0, 0.05) is 17.6 Å². The van der Waals surface area contributed by atoms with Gasteiger partial charge in [-0.05, 0) is 47.5 Å². The number of carbonyl (C=O) groups is 2. The Morgan fingerprint density at radius 1 is 0.816 bits per heavy atom. The fraction of sp³-hybridized carbons (Fsp3) is 0.185. The molecular formula is C27H23N2NaO7S. The molecule has 4 aromatic rings. The average molecular weight is 543 g/mol. The molecule has 38 heavy (non-hydrogen) atoms. The van der Waals surface area contributed by atoms with Crippen molar-refractivity contribution in [2.75, 3.05) is 28.4 Å². The minimum atomic E-state index is -1.51. The molecule has 11 heteroatoms. The average Bonchev–Trinajstić information content (AvgIpc) is 3.39. The van der Waals surface area contributed by atoms with Crippen molar-refractivity contribution in [2.45, 2.75) is 6.42 Å². The van der Waals surface area contributed by atoms with Gasteiger partial charge in [-0.15, -0.1) is 0 Å². The standard InChI is InChI=1S/C27H24N2O7S.Na/c1-33-21-8-6-5-7-17(21)25(30)18(11-15-12-22(34-2)26(36-4)23(13-15)35-3)24(27(31)32)16-9-10-19-20(14-16)29-37-28-19;/h5-10,12-14H,11H2,1-4H3,(H,31,32);/q;+1/p-1/b24-18-;. The third kappa shape index (κ3) is 5.83. The number of aliphatic carboxylic acids is 1. The monoisotopic (exact) mass is 542 g/mol. The molecule has 9 nitrogen and oxygen atoms in total. The summed E-state index contributed by atoms with van der Waals surface area (Å²) in [6, 6.07) is 14.8. The molecule has 1 aromatic heterocycles. The van der Waals surface area contributed by atoms with E-state index >= 15 is 0 Å². The molecule has 0 radical (unpaired) electrons. The molecule has 0 spiro atoms. The van der Waals surface area contributed by atoms with Crippen LogP contribution in [0, 0.1) is 0 Å². The van der Waals surface area contributed by atoms with Gasteiger partial charge in [0.2, 0.25) is 5.75 Å². The van der Waals surface area contributed by atoms with E-state index in [0.29, 0.717) is 39.6 Å². The Morgan fingerprint density at radius 2 is 1.45 bits per heavy atom. The van der Waals surface area contributed by atoms with Crippen LogP contribution < -0.4 is 53.6 Å². The quantitative estimate of drug-likeness (QED) is 0.159. The molecule has 0 aliphatic heterocycles. The van der Waals surface area contributed by atoms with E-state index in [-0.39, 0.29) is 58.3 Å². The van der Waals surface area contributed by atoms with Crippen LogP contribution in [0.5, 0.6) is 23.0 Å². The summed E-state index contributed by atoms with van der Waals surface area (Å²) in [5, 5.41) is 12.6. The number of hydrogen-bond acceptors (Lipinski definition) is 10. The minimum Gasteiger partial charge on any atom is -0.545 e. The second-order valence-corrected chi connectivity index (χ2v) is 8.38. The molecule has 0 fully saturated rings. The molecule has 0 atom stereocenters. The fourth-order valence-corrected chi connectivity index (χ4v) is 4.59. The Hall–Kier alpha value is -3.44. The van der Waals surface area contributed by atoms with Crippen molar-refractivity contribution < 1.29 is 63.2 Å². The van der Waals surface area contributed by atoms with Crippen LogP contribution in [0.3, 0.4) is 0 Å². The van der Waals surface area contributed by atoms with Crippen LogP contribution in [-0.4, -0.2) is 48.9 Å². The van der Waals surface area contributed by atoms with Gasteiger partial charge in [0.25, 0.3) is 0 Å². The number of rotatable bonds is 10. The summed E-state index contributed by atoms with van der Waals surface area (Å²) in [4.78, 5) is 26.5. The van der Waals surface area contributed by atoms with Gasteiger partial charge in [-0.3, -0.25) is 4.79 Å². The summed E-state index contributed by atoms with van der Waals surface area (Å²) in [5.41, 5.74) is 1.89. The molecule has 0 saturated carbocycles. The Balaban J connectivity index is 0.00000400. The molecule has 0 bridgehead atoms. The number of carboxylic acids is 1. The van der Waals surface area contributed by atoms with Gasteiger partial charge in [0.1, 0.15) is 16.8 Å². The number of para-hydroxylation sites is 1. The first-order valence-electron chi connectivity index (χ1n) is 11.1. The second-order valence-electron chi connectivity index (χ2n) is 7.85. The van der Waals surface area contributed by atoms with Crippen LogP contribution in [0.4, 0.5) is 0 Å². The topological polar surface area (TPSA) is 120 Å². The maximum atomic E-state index is 14.0. The Labute approximate surface area is 245 Å². The number of allylic oxidation sites excluding steroid dienone is 1. The second kappa shape index (κ2) is 12.9. The summed E-state index contributed by atoms with van der Waals surface area (Å²) in [5.74, 6) is -0.615. The molecule has 0 saturated heterocycles. The molecule has 0 aliphatic rings. The first-order valence-corrected chi connectivity index (χ1v) is 11.8. The van der Waals surface area contributed by atoms with E-state index in [2.05, 4.69) is 8.75 Å². The summed E-state index contributed by atoms with van der Waals surface area (Å²) in [6.45, 7) is 0. The number of nitrogens with zero attached hydrogens (tertiary/aromatic N) is 2. The molecule has 0 amide bonds. The normalized spacial score (nSPS) is 11.3. The van der Waals surface area contributed by atoms with Gasteiger partial charge >= 0.3 is 29.6 Å². The number of hydrogen-bond donors (Lipinski definition) is 0. The van der Waals surface area contributed by atoms with Crippen molar-refractivity contribution in [3.63, 3.8) is 0 Å². The Kier molecular flexibility index (Phi) is 9.87. The molecule has 0 N–H and O–H groups in total. The number of carboxylic acid groups (broad SMARTS) is 1. The molecular weight excluding hydrogens is 519 g/mol. The maximum Gasteiger partial charge on any atom is 1.00 e. The summed E-state index contributed by atoms with van der Waals surface area (Å²) >= 11 is 1.01. The molecule has 3 aromatic carbocycles. The predicted molar refractivity (Wildman–Crippen MR) is 136 cm³/mol. The van der Waals surface area contributed by atoms with E-state index in [0.717, 1.165) is 11.7 Å². The number of fused-ring (bicyclic) bond motifs is 1. The van der Waals surface area contributed by atoms with Crippen molar-refractivity contribution >= 4 is 40.1 Å². The predicted octanol–water partition coefficient (Wildman–Crippen LogP) is 0.359. The fourth-order valence-electron chi connectivity index (χ4n) is 4.07. The summed E-state index contributed by atoms with van der Waals surface area (Å²) in [7, 11) is 5.87. The number of Topliss-reactive ketones (excluding diaryl/α,β-unsaturated/α-hetero) is 1. The van der Waals surface area contributed by atoms with Crippen LogP contribution >= 0.6 is 11.7 Å². The zero-order chi connectivity index (χ0) is 26.5. The Morgan fingerprint density at radius 3 is 2.05 bits per heavy atom. The van der Waals surface area contributed by atoms with E-state index in [1.807, 2.05) is 0 Å². The van der Waals surface area contributed by atoms with Crippen LogP contribution in [0.15, 0.2) is 60.2 Å². The van der Waals surface area contributed by atoms with Gasteiger partial charge in [-0.1, -0.05) is 18.2 Å². The smallest absolute Gasteiger partial charge is 0.545 e. The van der Waals surface area contributed by atoms with Gasteiger partial charge in [0.05, 0.1) is 51.7 Å². The van der Waals surface area contributed by atoms with Gasteiger partial charge in [0.15, 0.2) is 17.3 Å². The zero-order valence-electron chi connectivity index (χ0n) is 21.6. The zero-order valence-corrected chi connectivity index (χ0v) is 24.4. The van der Waals surface area contributed by atoms with E-state index in [4.69, 9.17) is 18.9 Å². The van der Waals surface area contributed by atoms with E-state index in [1.165, 1.54) is 28.4 Å². The van der Waals surface area contributed by atoms with Crippen molar-refractivity contribution in [3.8, 4) is 23.0 Å². The maximum absolute atomic E-state index is 14.0. The summed E-state index contributed by atoms with van der Waals surface area (Å²) in [6.07, 6.45) is -0.0791. The summed E-state index contributed by atoms with van der Waals surface area (Å²) < 4.78 is 30.0. The van der Waals surface area contributed by atoms with E-state index in [9.17, 15) is 14.7 Å². The molecule has 190 valence electrons. The van der Waals surface area contributed by atoms with Crippen molar-refractivity contribution in [2.24, 2.45) is 0 Å². The SMILES string of the molecule is COc1ccccc1C(=O)/C(Cc1cc(OC)c(OC)c(OC)c1)=C(\C(=O)[O-])c1ccc2nsnc2c1.[Na+]. The first-order chi connectivity index (χ1) is 17.9. The Bertz CT molecular complexity index is 1490. The van der Waals surface area contributed by atoms with Crippen LogP contribution in [0.1, 0.15) is 21.5 Å². The number of benzene rings is 3. The number of ether oxygens (including phenoxy) is 4. The largest absolute Gasteiger partial charge is 1.00 e. The van der Waals surface area contributed by atoms with E-state index in [1.54, 1.807) is 54.6 Å². The molecule has 0 unspecified atom stereocenters.